The second kappa shape index (κ2) is 6.22. The number of nitrogens with zero attached hydrogens (tertiary/aromatic N) is 3. The van der Waals surface area contributed by atoms with Crippen LogP contribution in [0.4, 0.5) is 5.82 Å². The van der Waals surface area contributed by atoms with Crippen molar-refractivity contribution in [2.45, 2.75) is 6.54 Å². The molecule has 116 valence electrons. The van der Waals surface area contributed by atoms with E-state index >= 15 is 0 Å². The number of rotatable bonds is 4. The Kier molecular flexibility index (Phi) is 3.96. The number of aromatic amines is 1. The van der Waals surface area contributed by atoms with Gasteiger partial charge in [0, 0.05) is 13.2 Å². The monoisotopic (exact) mass is 310 g/mol. The maximum Gasteiger partial charge on any atom is 0.289 e. The van der Waals surface area contributed by atoms with Gasteiger partial charge in [-0.15, -0.1) is 0 Å². The molecule has 0 fully saturated rings. The Bertz CT molecular complexity index is 921. The SMILES string of the molecule is CNc1ccnc(C(=O)NCc2nc3ccccc3c(=O)[nH]2)n1. The van der Waals surface area contributed by atoms with Gasteiger partial charge in [0.25, 0.3) is 11.5 Å². The zero-order valence-corrected chi connectivity index (χ0v) is 12.3. The highest BCUT2D eigenvalue weighted by Crippen LogP contribution is 2.05. The number of aromatic nitrogens is 4. The first kappa shape index (κ1) is 14.6. The standard InChI is InChI=1S/C15H14N6O2/c1-16-11-6-7-17-13(20-11)15(23)18-8-12-19-10-5-3-2-4-9(10)14(22)21-12/h2-7H,8H2,1H3,(H,18,23)(H,16,17,20)(H,19,21,22). The van der Waals surface area contributed by atoms with Crippen LogP contribution in [-0.4, -0.2) is 32.9 Å². The third-order valence-corrected chi connectivity index (χ3v) is 3.19. The van der Waals surface area contributed by atoms with Crippen LogP contribution < -0.4 is 16.2 Å². The molecule has 0 spiro atoms. The van der Waals surface area contributed by atoms with Gasteiger partial charge in [-0.1, -0.05) is 12.1 Å². The molecule has 0 saturated heterocycles. The van der Waals surface area contributed by atoms with Crippen molar-refractivity contribution in [1.82, 2.24) is 25.3 Å². The molecule has 0 aliphatic carbocycles. The smallest absolute Gasteiger partial charge is 0.289 e. The van der Waals surface area contributed by atoms with Gasteiger partial charge in [0.05, 0.1) is 17.4 Å². The first-order chi connectivity index (χ1) is 11.2. The molecule has 2 heterocycles. The van der Waals surface area contributed by atoms with E-state index < -0.39 is 5.91 Å². The number of amides is 1. The van der Waals surface area contributed by atoms with Crippen LogP contribution in [0.25, 0.3) is 10.9 Å². The second-order valence-corrected chi connectivity index (χ2v) is 4.73. The third-order valence-electron chi connectivity index (χ3n) is 3.19. The molecule has 8 heteroatoms. The Hall–Kier alpha value is -3.29. The van der Waals surface area contributed by atoms with Crippen molar-refractivity contribution in [3.05, 3.63) is 58.5 Å². The summed E-state index contributed by atoms with van der Waals surface area (Å²) in [6, 6.07) is 8.66. The van der Waals surface area contributed by atoms with Gasteiger partial charge in [-0.2, -0.15) is 0 Å². The van der Waals surface area contributed by atoms with E-state index in [4.69, 9.17) is 0 Å². The molecule has 3 N–H and O–H groups in total. The lowest BCUT2D eigenvalue weighted by molar-refractivity contribution is 0.0939. The molecule has 1 amide bonds. The molecule has 3 aromatic rings. The molecule has 0 saturated carbocycles. The zero-order valence-electron chi connectivity index (χ0n) is 12.3. The molecule has 0 unspecified atom stereocenters. The van der Waals surface area contributed by atoms with Crippen molar-refractivity contribution in [3.8, 4) is 0 Å². The average Bonchev–Trinajstić information content (AvgIpc) is 2.60. The molecule has 0 aliphatic rings. The number of H-pyrrole nitrogens is 1. The summed E-state index contributed by atoms with van der Waals surface area (Å²) in [5.41, 5.74) is 0.335. The van der Waals surface area contributed by atoms with E-state index in [1.165, 1.54) is 6.20 Å². The molecule has 23 heavy (non-hydrogen) atoms. The summed E-state index contributed by atoms with van der Waals surface area (Å²) < 4.78 is 0. The van der Waals surface area contributed by atoms with Gasteiger partial charge in [-0.25, -0.2) is 15.0 Å². The second-order valence-electron chi connectivity index (χ2n) is 4.73. The highest BCUT2D eigenvalue weighted by atomic mass is 16.2. The van der Waals surface area contributed by atoms with Gasteiger partial charge in [0.15, 0.2) is 0 Å². The Morgan fingerprint density at radius 2 is 2.04 bits per heavy atom. The van der Waals surface area contributed by atoms with Gasteiger partial charge in [-0.05, 0) is 18.2 Å². The molecule has 1 aromatic carbocycles. The number of para-hydroxylation sites is 1. The first-order valence-corrected chi connectivity index (χ1v) is 6.94. The lowest BCUT2D eigenvalue weighted by Gasteiger charge is -2.06. The van der Waals surface area contributed by atoms with Crippen molar-refractivity contribution in [2.75, 3.05) is 12.4 Å². The van der Waals surface area contributed by atoms with Gasteiger partial charge in [0.2, 0.25) is 5.82 Å². The number of carbonyl (C=O) groups is 1. The van der Waals surface area contributed by atoms with Gasteiger partial charge < -0.3 is 15.6 Å². The number of anilines is 1. The Morgan fingerprint density at radius 1 is 1.22 bits per heavy atom. The van der Waals surface area contributed by atoms with Crippen LogP contribution >= 0.6 is 0 Å². The molecule has 0 radical (unpaired) electrons. The van der Waals surface area contributed by atoms with Gasteiger partial charge >= 0.3 is 0 Å². The summed E-state index contributed by atoms with van der Waals surface area (Å²) in [4.78, 5) is 38.9. The van der Waals surface area contributed by atoms with Crippen LogP contribution in [0.1, 0.15) is 16.4 Å². The van der Waals surface area contributed by atoms with Crippen LogP contribution in [-0.2, 0) is 6.54 Å². The number of nitrogens with one attached hydrogen (secondary N) is 3. The van der Waals surface area contributed by atoms with Crippen molar-refractivity contribution in [3.63, 3.8) is 0 Å². The predicted molar refractivity (Wildman–Crippen MR) is 85.1 cm³/mol. The fourth-order valence-corrected chi connectivity index (χ4v) is 2.07. The Labute approximate surface area is 131 Å². The summed E-state index contributed by atoms with van der Waals surface area (Å²) in [6.45, 7) is 0.0754. The van der Waals surface area contributed by atoms with Crippen LogP contribution in [0.15, 0.2) is 41.3 Å². The lowest BCUT2D eigenvalue weighted by Crippen LogP contribution is -2.27. The summed E-state index contributed by atoms with van der Waals surface area (Å²) in [5, 5.41) is 5.97. The maximum atomic E-state index is 12.1. The number of carbonyl (C=O) groups excluding carboxylic acids is 1. The maximum absolute atomic E-state index is 12.1. The molecule has 3 rings (SSSR count). The van der Waals surface area contributed by atoms with E-state index in [2.05, 4.69) is 30.6 Å². The summed E-state index contributed by atoms with van der Waals surface area (Å²) in [5.74, 6) is 0.507. The zero-order chi connectivity index (χ0) is 16.2. The fourth-order valence-electron chi connectivity index (χ4n) is 2.07. The summed E-state index contributed by atoms with van der Waals surface area (Å²) in [6.07, 6.45) is 1.49. The predicted octanol–water partition coefficient (Wildman–Crippen LogP) is 0.685. The van der Waals surface area contributed by atoms with Gasteiger partial charge in [-0.3, -0.25) is 9.59 Å². The molecular formula is C15H14N6O2. The van der Waals surface area contributed by atoms with E-state index in [1.807, 2.05) is 0 Å². The lowest BCUT2D eigenvalue weighted by atomic mass is 10.2. The Balaban J connectivity index is 1.77. The van der Waals surface area contributed by atoms with Gasteiger partial charge in [0.1, 0.15) is 11.6 Å². The molecule has 2 aromatic heterocycles. The fraction of sp³-hybridized carbons (Fsp3) is 0.133. The Morgan fingerprint density at radius 3 is 2.87 bits per heavy atom. The average molecular weight is 310 g/mol. The van der Waals surface area contributed by atoms with Crippen molar-refractivity contribution >= 4 is 22.6 Å². The third kappa shape index (κ3) is 3.15. The van der Waals surface area contributed by atoms with E-state index in [1.54, 1.807) is 37.4 Å². The minimum Gasteiger partial charge on any atom is -0.373 e. The minimum absolute atomic E-state index is 0.0417. The number of benzene rings is 1. The number of hydrogen-bond acceptors (Lipinski definition) is 6. The van der Waals surface area contributed by atoms with E-state index in [0.717, 1.165) is 0 Å². The van der Waals surface area contributed by atoms with Crippen molar-refractivity contribution < 1.29 is 4.79 Å². The topological polar surface area (TPSA) is 113 Å². The summed E-state index contributed by atoms with van der Waals surface area (Å²) >= 11 is 0. The quantitative estimate of drug-likeness (QED) is 0.653. The van der Waals surface area contributed by atoms with E-state index in [0.29, 0.717) is 22.5 Å². The van der Waals surface area contributed by atoms with E-state index in [-0.39, 0.29) is 17.9 Å². The molecule has 0 bridgehead atoms. The van der Waals surface area contributed by atoms with Crippen molar-refractivity contribution in [2.24, 2.45) is 0 Å². The highest BCUT2D eigenvalue weighted by molar-refractivity contribution is 5.90. The largest absolute Gasteiger partial charge is 0.373 e. The van der Waals surface area contributed by atoms with Crippen LogP contribution in [0.2, 0.25) is 0 Å². The molecule has 8 nitrogen and oxygen atoms in total. The molecule has 0 aliphatic heterocycles. The molecular weight excluding hydrogens is 296 g/mol. The number of hydrogen-bond donors (Lipinski definition) is 3. The first-order valence-electron chi connectivity index (χ1n) is 6.94. The molecule has 0 atom stereocenters. The summed E-state index contributed by atoms with van der Waals surface area (Å²) in [7, 11) is 1.70. The van der Waals surface area contributed by atoms with E-state index in [9.17, 15) is 9.59 Å². The van der Waals surface area contributed by atoms with Crippen molar-refractivity contribution in [1.29, 1.82) is 0 Å². The van der Waals surface area contributed by atoms with Crippen LogP contribution in [0.3, 0.4) is 0 Å². The number of fused-ring (bicyclic) bond motifs is 1. The highest BCUT2D eigenvalue weighted by Gasteiger charge is 2.10. The minimum atomic E-state index is -0.446. The van der Waals surface area contributed by atoms with Crippen LogP contribution in [0, 0.1) is 0 Å². The van der Waals surface area contributed by atoms with Crippen LogP contribution in [0.5, 0.6) is 0 Å². The normalized spacial score (nSPS) is 10.5.